The van der Waals surface area contributed by atoms with Crippen LogP contribution >= 0.6 is 0 Å². The molecule has 0 aromatic rings. The number of hydrogen-bond acceptors (Lipinski definition) is 2. The smallest absolute Gasteiger partial charge is 0.307 e. The molecule has 0 fully saturated rings. The lowest BCUT2D eigenvalue weighted by Gasteiger charge is -2.25. The van der Waals surface area contributed by atoms with Gasteiger partial charge in [0, 0.05) is 18.9 Å². The molecule has 3 atom stereocenters. The van der Waals surface area contributed by atoms with Crippen LogP contribution in [0, 0.1) is 17.8 Å². The molecular formula is C22H45N2O3+. The van der Waals surface area contributed by atoms with E-state index in [9.17, 15) is 14.7 Å². The Morgan fingerprint density at radius 1 is 0.963 bits per heavy atom. The monoisotopic (exact) mass is 385 g/mol. The van der Waals surface area contributed by atoms with Gasteiger partial charge in [-0.1, -0.05) is 65.7 Å². The molecule has 160 valence electrons. The van der Waals surface area contributed by atoms with E-state index in [1.807, 2.05) is 0 Å². The lowest BCUT2D eigenvalue weighted by Crippen LogP contribution is -2.40. The molecule has 0 radical (unpaired) electrons. The van der Waals surface area contributed by atoms with E-state index in [-0.39, 0.29) is 5.91 Å². The van der Waals surface area contributed by atoms with E-state index in [2.05, 4.69) is 40.3 Å². The number of hydrogen-bond donors (Lipinski definition) is 2. The molecule has 0 aromatic heterocycles. The molecule has 0 aromatic carbocycles. The van der Waals surface area contributed by atoms with Crippen molar-refractivity contribution in [2.45, 2.75) is 78.6 Å². The first-order valence-corrected chi connectivity index (χ1v) is 10.9. The molecule has 0 aliphatic rings. The molecule has 5 nitrogen and oxygen atoms in total. The average Bonchev–Trinajstić information content (AvgIpc) is 2.57. The Kier molecular flexibility index (Phi) is 13.4. The van der Waals surface area contributed by atoms with E-state index in [1.165, 1.54) is 32.1 Å². The number of amides is 1. The topological polar surface area (TPSA) is 66.4 Å². The maximum atomic E-state index is 12.4. The first-order chi connectivity index (χ1) is 12.6. The van der Waals surface area contributed by atoms with Crippen molar-refractivity contribution in [3.8, 4) is 0 Å². The second kappa shape index (κ2) is 14.0. The highest BCUT2D eigenvalue weighted by Crippen LogP contribution is 2.25. The van der Waals surface area contributed by atoms with Crippen molar-refractivity contribution >= 4 is 11.9 Å². The number of aliphatic carboxylic acids is 1. The van der Waals surface area contributed by atoms with Crippen molar-refractivity contribution in [2.24, 2.45) is 17.8 Å². The predicted molar refractivity (Wildman–Crippen MR) is 113 cm³/mol. The second-order valence-corrected chi connectivity index (χ2v) is 9.29. The lowest BCUT2D eigenvalue weighted by molar-refractivity contribution is -0.870. The fourth-order valence-electron chi connectivity index (χ4n) is 3.45. The van der Waals surface area contributed by atoms with Gasteiger partial charge in [-0.3, -0.25) is 9.59 Å². The molecule has 0 bridgehead atoms. The largest absolute Gasteiger partial charge is 0.481 e. The molecule has 0 saturated carbocycles. The first kappa shape index (κ1) is 25.9. The normalized spacial score (nSPS) is 15.2. The van der Waals surface area contributed by atoms with Gasteiger partial charge in [-0.2, -0.15) is 0 Å². The van der Waals surface area contributed by atoms with Gasteiger partial charge in [0.25, 0.3) is 0 Å². The van der Waals surface area contributed by atoms with E-state index in [0.717, 1.165) is 30.3 Å². The molecule has 2 N–H and O–H groups in total. The summed E-state index contributed by atoms with van der Waals surface area (Å²) < 4.78 is 0.860. The Morgan fingerprint density at radius 2 is 1.56 bits per heavy atom. The minimum absolute atomic E-state index is 0.129. The van der Waals surface area contributed by atoms with E-state index in [4.69, 9.17) is 0 Å². The fraction of sp³-hybridized carbons (Fsp3) is 0.909. The minimum Gasteiger partial charge on any atom is -0.481 e. The van der Waals surface area contributed by atoms with Crippen molar-refractivity contribution in [1.29, 1.82) is 0 Å². The van der Waals surface area contributed by atoms with Crippen molar-refractivity contribution in [3.63, 3.8) is 0 Å². The molecule has 0 spiro atoms. The summed E-state index contributed by atoms with van der Waals surface area (Å²) in [6.45, 7) is 7.68. The summed E-state index contributed by atoms with van der Waals surface area (Å²) in [6.07, 6.45) is 10.0. The highest BCUT2D eigenvalue weighted by atomic mass is 16.4. The second-order valence-electron chi connectivity index (χ2n) is 9.29. The number of carbonyl (C=O) groups excluding carboxylic acids is 1. The summed E-state index contributed by atoms with van der Waals surface area (Å²) >= 11 is 0. The van der Waals surface area contributed by atoms with Crippen molar-refractivity contribution < 1.29 is 19.2 Å². The Labute approximate surface area is 167 Å². The zero-order valence-corrected chi connectivity index (χ0v) is 18.7. The van der Waals surface area contributed by atoms with E-state index >= 15 is 0 Å². The van der Waals surface area contributed by atoms with Gasteiger partial charge >= 0.3 is 5.97 Å². The zero-order valence-electron chi connectivity index (χ0n) is 18.7. The first-order valence-electron chi connectivity index (χ1n) is 10.9. The third kappa shape index (κ3) is 13.7. The summed E-state index contributed by atoms with van der Waals surface area (Å²) in [6, 6.07) is 0. The number of carboxylic acids is 1. The van der Waals surface area contributed by atoms with Gasteiger partial charge in [0.2, 0.25) is 5.91 Å². The number of carbonyl (C=O) groups is 2. The minimum atomic E-state index is -0.848. The number of quaternary nitrogens is 1. The van der Waals surface area contributed by atoms with Gasteiger partial charge in [0.1, 0.15) is 0 Å². The van der Waals surface area contributed by atoms with Gasteiger partial charge in [-0.25, -0.2) is 0 Å². The number of nitrogens with zero attached hydrogens (tertiary/aromatic N) is 1. The molecule has 0 aliphatic heterocycles. The van der Waals surface area contributed by atoms with Crippen molar-refractivity contribution in [3.05, 3.63) is 0 Å². The quantitative estimate of drug-likeness (QED) is 0.307. The molecule has 1 amide bonds. The van der Waals surface area contributed by atoms with Crippen molar-refractivity contribution in [1.82, 2.24) is 5.32 Å². The van der Waals surface area contributed by atoms with Crippen LogP contribution in [0.25, 0.3) is 0 Å². The van der Waals surface area contributed by atoms with Gasteiger partial charge in [-0.05, 0) is 12.3 Å². The van der Waals surface area contributed by atoms with E-state index in [1.54, 1.807) is 6.92 Å². The van der Waals surface area contributed by atoms with E-state index < -0.39 is 17.8 Å². The molecule has 0 aliphatic carbocycles. The maximum absolute atomic E-state index is 12.4. The fourth-order valence-corrected chi connectivity index (χ4v) is 3.45. The number of carboxylic acid groups (broad SMARTS) is 1. The van der Waals surface area contributed by atoms with Crippen LogP contribution in [0.5, 0.6) is 0 Å². The Morgan fingerprint density at radius 3 is 2.11 bits per heavy atom. The maximum Gasteiger partial charge on any atom is 0.307 e. The summed E-state index contributed by atoms with van der Waals surface area (Å²) in [7, 11) is 6.36. The lowest BCUT2D eigenvalue weighted by atomic mass is 9.83. The van der Waals surface area contributed by atoms with Crippen LogP contribution < -0.4 is 5.32 Å². The highest BCUT2D eigenvalue weighted by molar-refractivity contribution is 5.84. The molecule has 0 rings (SSSR count). The molecule has 5 heteroatoms. The van der Waals surface area contributed by atoms with Gasteiger partial charge in [0.05, 0.1) is 33.6 Å². The van der Waals surface area contributed by atoms with Crippen LogP contribution in [0.2, 0.25) is 0 Å². The van der Waals surface area contributed by atoms with Gasteiger partial charge in [-0.15, -0.1) is 0 Å². The number of nitrogens with one attached hydrogen (secondary N) is 1. The summed E-state index contributed by atoms with van der Waals surface area (Å²) in [5.74, 6) is -1.72. The standard InChI is InChI=1S/C22H44N2O3/c1-7-8-9-10-11-12-14-18(2)17-20(22(26)27)19(3)21(25)23-15-13-16-24(4,5)6/h18-20H,7-17H2,1-6H3,(H-,23,25,26,27)/p+1. The van der Waals surface area contributed by atoms with Gasteiger partial charge in [0.15, 0.2) is 0 Å². The SMILES string of the molecule is CCCCCCCCC(C)CC(C(=O)O)C(C)C(=O)NCCC[N+](C)(C)C. The van der Waals surface area contributed by atoms with Crippen LogP contribution in [0.4, 0.5) is 0 Å². The zero-order chi connectivity index (χ0) is 20.9. The predicted octanol–water partition coefficient (Wildman–Crippen LogP) is 4.31. The Hall–Kier alpha value is -1.10. The molecular weight excluding hydrogens is 340 g/mol. The van der Waals surface area contributed by atoms with Crippen LogP contribution in [-0.2, 0) is 9.59 Å². The van der Waals surface area contributed by atoms with Crippen molar-refractivity contribution in [2.75, 3.05) is 34.2 Å². The average molecular weight is 386 g/mol. The summed E-state index contributed by atoms with van der Waals surface area (Å²) in [4.78, 5) is 24.1. The van der Waals surface area contributed by atoms with E-state index in [0.29, 0.717) is 18.9 Å². The summed E-state index contributed by atoms with van der Waals surface area (Å²) in [5.41, 5.74) is 0. The van der Waals surface area contributed by atoms with Crippen LogP contribution in [-0.4, -0.2) is 55.7 Å². The summed E-state index contributed by atoms with van der Waals surface area (Å²) in [5, 5.41) is 12.5. The highest BCUT2D eigenvalue weighted by Gasteiger charge is 2.31. The van der Waals surface area contributed by atoms with Crippen LogP contribution in [0.3, 0.4) is 0 Å². The molecule has 0 heterocycles. The third-order valence-corrected chi connectivity index (χ3v) is 5.35. The Bertz CT molecular complexity index is 418. The molecule has 27 heavy (non-hydrogen) atoms. The van der Waals surface area contributed by atoms with Crippen LogP contribution in [0.1, 0.15) is 78.6 Å². The molecule has 0 saturated heterocycles. The number of unbranched alkanes of at least 4 members (excludes halogenated alkanes) is 5. The Balaban J connectivity index is 4.27. The number of rotatable bonds is 16. The van der Waals surface area contributed by atoms with Crippen LogP contribution in [0.15, 0.2) is 0 Å². The third-order valence-electron chi connectivity index (χ3n) is 5.35. The van der Waals surface area contributed by atoms with Gasteiger partial charge < -0.3 is 14.9 Å². The molecule has 3 unspecified atom stereocenters.